The Morgan fingerprint density at radius 2 is 1.86 bits per heavy atom. The molecule has 0 aliphatic carbocycles. The predicted molar refractivity (Wildman–Crippen MR) is 84.4 cm³/mol. The number of rotatable bonds is 6. The van der Waals surface area contributed by atoms with Gasteiger partial charge in [-0.3, -0.25) is 9.59 Å². The zero-order valence-electron chi connectivity index (χ0n) is 13.9. The number of carbonyl (C=O) groups excluding carboxylic acids is 1. The summed E-state index contributed by atoms with van der Waals surface area (Å²) in [4.78, 5) is 23.2. The maximum absolute atomic E-state index is 11.7. The van der Waals surface area contributed by atoms with E-state index < -0.39 is 5.41 Å². The van der Waals surface area contributed by atoms with Crippen LogP contribution in [0, 0.1) is 12.3 Å². The monoisotopic (exact) mass is 293 g/mol. The molecule has 0 aliphatic rings. The van der Waals surface area contributed by atoms with Crippen LogP contribution in [0.1, 0.15) is 51.3 Å². The van der Waals surface area contributed by atoms with Gasteiger partial charge in [0.15, 0.2) is 0 Å². The fourth-order valence-corrected chi connectivity index (χ4v) is 2.04. The summed E-state index contributed by atoms with van der Waals surface area (Å²) in [6.45, 7) is 7.98. The lowest BCUT2D eigenvalue weighted by Crippen LogP contribution is -2.23. The lowest BCUT2D eigenvalue weighted by Gasteiger charge is -2.16. The third kappa shape index (κ3) is 5.74. The number of esters is 1. The van der Waals surface area contributed by atoms with E-state index in [4.69, 9.17) is 4.74 Å². The van der Waals surface area contributed by atoms with Gasteiger partial charge in [-0.2, -0.15) is 0 Å². The molecule has 0 saturated heterocycles. The molecule has 0 saturated carbocycles. The maximum atomic E-state index is 11.7. The highest BCUT2D eigenvalue weighted by atomic mass is 16.5. The zero-order chi connectivity index (χ0) is 16.0. The van der Waals surface area contributed by atoms with Gasteiger partial charge in [0.05, 0.1) is 12.0 Å². The first kappa shape index (κ1) is 17.5. The van der Waals surface area contributed by atoms with Crippen molar-refractivity contribution in [1.82, 2.24) is 4.57 Å². The van der Waals surface area contributed by atoms with E-state index >= 15 is 0 Å². The first-order valence-electron chi connectivity index (χ1n) is 7.55. The molecule has 0 N–H and O–H groups in total. The summed E-state index contributed by atoms with van der Waals surface area (Å²) >= 11 is 0. The Kier molecular flexibility index (Phi) is 6.19. The van der Waals surface area contributed by atoms with Crippen LogP contribution in [0.2, 0.25) is 0 Å². The van der Waals surface area contributed by atoms with E-state index in [1.807, 2.05) is 34.7 Å². The van der Waals surface area contributed by atoms with Gasteiger partial charge < -0.3 is 9.30 Å². The molecule has 0 amide bonds. The van der Waals surface area contributed by atoms with E-state index in [2.05, 4.69) is 6.07 Å². The first-order chi connectivity index (χ1) is 9.71. The average Bonchev–Trinajstić information content (AvgIpc) is 2.37. The highest BCUT2D eigenvalue weighted by Gasteiger charge is 2.22. The normalized spacial score (nSPS) is 11.5. The predicted octanol–water partition coefficient (Wildman–Crippen LogP) is 3.00. The maximum Gasteiger partial charge on any atom is 0.311 e. The Morgan fingerprint density at radius 3 is 2.48 bits per heavy atom. The van der Waals surface area contributed by atoms with Crippen molar-refractivity contribution in [3.05, 3.63) is 33.7 Å². The Morgan fingerprint density at radius 1 is 1.19 bits per heavy atom. The molecular weight excluding hydrogens is 266 g/mol. The van der Waals surface area contributed by atoms with Crippen LogP contribution in [0.3, 0.4) is 0 Å². The Labute approximate surface area is 127 Å². The van der Waals surface area contributed by atoms with Gasteiger partial charge in [0.1, 0.15) is 0 Å². The molecule has 0 spiro atoms. The third-order valence-electron chi connectivity index (χ3n) is 3.43. The van der Waals surface area contributed by atoms with Crippen molar-refractivity contribution in [2.75, 3.05) is 6.61 Å². The van der Waals surface area contributed by atoms with Crippen molar-refractivity contribution in [3.63, 3.8) is 0 Å². The molecule has 0 fully saturated rings. The molecular formula is C17H27NO3. The van der Waals surface area contributed by atoms with Gasteiger partial charge in [-0.25, -0.2) is 0 Å². The second-order valence-corrected chi connectivity index (χ2v) is 6.62. The van der Waals surface area contributed by atoms with E-state index in [1.54, 1.807) is 10.6 Å². The standard InChI is InChI=1S/C17H27NO3/c1-13-11-14(18(5)15(19)12-13)9-7-6-8-10-21-16(20)17(2,3)4/h11-12H,6-10H2,1-5H3. The van der Waals surface area contributed by atoms with Crippen molar-refractivity contribution in [2.24, 2.45) is 12.5 Å². The van der Waals surface area contributed by atoms with Gasteiger partial charge in [-0.1, -0.05) is 0 Å². The minimum atomic E-state index is -0.431. The van der Waals surface area contributed by atoms with Crippen molar-refractivity contribution in [2.45, 2.75) is 53.4 Å². The molecule has 1 aromatic heterocycles. The highest BCUT2D eigenvalue weighted by molar-refractivity contribution is 5.75. The zero-order valence-corrected chi connectivity index (χ0v) is 13.9. The van der Waals surface area contributed by atoms with Crippen LogP contribution in [0.25, 0.3) is 0 Å². The summed E-state index contributed by atoms with van der Waals surface area (Å²) in [6.07, 6.45) is 3.71. The average molecular weight is 293 g/mol. The van der Waals surface area contributed by atoms with Crippen molar-refractivity contribution in [3.8, 4) is 0 Å². The number of hydrogen-bond donors (Lipinski definition) is 0. The number of aryl methyl sites for hydroxylation is 2. The summed E-state index contributed by atoms with van der Waals surface area (Å²) < 4.78 is 6.93. The van der Waals surface area contributed by atoms with E-state index in [0.29, 0.717) is 6.61 Å². The third-order valence-corrected chi connectivity index (χ3v) is 3.43. The van der Waals surface area contributed by atoms with Gasteiger partial charge in [0.25, 0.3) is 5.56 Å². The molecule has 118 valence electrons. The van der Waals surface area contributed by atoms with Crippen LogP contribution >= 0.6 is 0 Å². The molecule has 21 heavy (non-hydrogen) atoms. The van der Waals surface area contributed by atoms with Crippen LogP contribution in [0.4, 0.5) is 0 Å². The number of pyridine rings is 1. The fourth-order valence-electron chi connectivity index (χ4n) is 2.04. The molecule has 0 atom stereocenters. The van der Waals surface area contributed by atoms with E-state index in [0.717, 1.165) is 36.9 Å². The largest absolute Gasteiger partial charge is 0.465 e. The molecule has 0 bridgehead atoms. The number of unbranched alkanes of at least 4 members (excludes halogenated alkanes) is 2. The van der Waals surface area contributed by atoms with Crippen LogP contribution in [-0.2, 0) is 23.0 Å². The summed E-state index contributed by atoms with van der Waals surface area (Å²) in [5.41, 5.74) is 1.68. The van der Waals surface area contributed by atoms with Crippen LogP contribution in [-0.4, -0.2) is 17.1 Å². The van der Waals surface area contributed by atoms with E-state index in [9.17, 15) is 9.59 Å². The fraction of sp³-hybridized carbons (Fsp3) is 0.647. The first-order valence-corrected chi connectivity index (χ1v) is 7.55. The topological polar surface area (TPSA) is 48.3 Å². The molecule has 1 aromatic rings. The van der Waals surface area contributed by atoms with Gasteiger partial charge in [0, 0.05) is 18.8 Å². The molecule has 4 heteroatoms. The molecule has 0 aromatic carbocycles. The number of hydrogen-bond acceptors (Lipinski definition) is 3. The summed E-state index contributed by atoms with van der Waals surface area (Å²) in [5.74, 6) is -0.149. The summed E-state index contributed by atoms with van der Waals surface area (Å²) in [7, 11) is 1.81. The van der Waals surface area contributed by atoms with Crippen LogP contribution in [0.15, 0.2) is 16.9 Å². The summed E-state index contributed by atoms with van der Waals surface area (Å²) in [5, 5.41) is 0. The molecule has 0 aliphatic heterocycles. The summed E-state index contributed by atoms with van der Waals surface area (Å²) in [6, 6.07) is 3.70. The Hall–Kier alpha value is -1.58. The van der Waals surface area contributed by atoms with Crippen molar-refractivity contribution >= 4 is 5.97 Å². The van der Waals surface area contributed by atoms with E-state index in [1.165, 1.54) is 0 Å². The number of aromatic nitrogens is 1. The Bertz CT molecular complexity index is 538. The SMILES string of the molecule is Cc1cc(CCCCCOC(=O)C(C)(C)C)n(C)c(=O)c1. The number of ether oxygens (including phenoxy) is 1. The molecule has 0 radical (unpaired) electrons. The molecule has 1 rings (SSSR count). The minimum Gasteiger partial charge on any atom is -0.465 e. The molecule has 4 nitrogen and oxygen atoms in total. The quantitative estimate of drug-likeness (QED) is 0.598. The van der Waals surface area contributed by atoms with E-state index in [-0.39, 0.29) is 11.5 Å². The second-order valence-electron chi connectivity index (χ2n) is 6.62. The minimum absolute atomic E-state index is 0.0455. The van der Waals surface area contributed by atoms with Gasteiger partial charge in [-0.15, -0.1) is 0 Å². The highest BCUT2D eigenvalue weighted by Crippen LogP contribution is 2.15. The van der Waals surface area contributed by atoms with Gasteiger partial charge >= 0.3 is 5.97 Å². The van der Waals surface area contributed by atoms with Crippen LogP contribution < -0.4 is 5.56 Å². The lowest BCUT2D eigenvalue weighted by molar-refractivity contribution is -0.153. The van der Waals surface area contributed by atoms with Gasteiger partial charge in [0.2, 0.25) is 0 Å². The smallest absolute Gasteiger partial charge is 0.311 e. The second kappa shape index (κ2) is 7.43. The van der Waals surface area contributed by atoms with Crippen LogP contribution in [0.5, 0.6) is 0 Å². The van der Waals surface area contributed by atoms with Gasteiger partial charge in [-0.05, 0) is 65.0 Å². The number of nitrogens with zero attached hydrogens (tertiary/aromatic N) is 1. The lowest BCUT2D eigenvalue weighted by atomic mass is 9.97. The number of carbonyl (C=O) groups is 1. The van der Waals surface area contributed by atoms with Crippen molar-refractivity contribution in [1.29, 1.82) is 0 Å². The molecule has 1 heterocycles. The van der Waals surface area contributed by atoms with Crippen molar-refractivity contribution < 1.29 is 9.53 Å². The molecule has 0 unspecified atom stereocenters. The Balaban J connectivity index is 2.30.